The summed E-state index contributed by atoms with van der Waals surface area (Å²) >= 11 is 0. The molecule has 322 valence electrons. The van der Waals surface area contributed by atoms with E-state index in [1.165, 1.54) is 19.2 Å². The van der Waals surface area contributed by atoms with Crippen molar-refractivity contribution in [3.05, 3.63) is 130 Å². The Morgan fingerprint density at radius 1 is 1.00 bits per heavy atom. The molecule has 6 atom stereocenters. The highest BCUT2D eigenvalue weighted by molar-refractivity contribution is 6.03. The molecule has 0 spiro atoms. The van der Waals surface area contributed by atoms with Crippen LogP contribution in [-0.2, 0) is 20.9 Å². The second kappa shape index (κ2) is 19.7. The Morgan fingerprint density at radius 3 is 2.51 bits per heavy atom. The molecule has 1 aliphatic heterocycles. The van der Waals surface area contributed by atoms with E-state index in [1.54, 1.807) is 29.2 Å². The number of methoxy groups -OCH3 is 1. The molecule has 2 N–H and O–H groups in total. The zero-order valence-electron chi connectivity index (χ0n) is 34.8. The molecule has 4 aromatic carbocycles. The monoisotopic (exact) mass is 833 g/mol. The summed E-state index contributed by atoms with van der Waals surface area (Å²) in [5.41, 5.74) is 3.25. The van der Waals surface area contributed by atoms with Gasteiger partial charge in [0.15, 0.2) is 0 Å². The standard InChI is InChI=1S/C48H55N3O10/c1-4-26-58-48-44(50(47(54)57-3)31-34-17-12-16-32-14-6-7-20-38(32)34)30-42(49-59-5-2)40-27-33(15-8-10-24-52)39(21-9-11-25-53)45(46(40)48)41-29-37(22-23-43(41)61-48)60-36-19-13-18-35(28-36)51(55)56/h4,6-7,12-14,16-20,22-23,27-29,33,39,44-46,52-53H,1,5,8-11,15,21,24-26,30-31H2,2-3H3. The number of hydrogen-bond donors (Lipinski definition) is 2. The van der Waals surface area contributed by atoms with E-state index in [0.29, 0.717) is 42.4 Å². The number of benzene rings is 4. The molecule has 0 radical (unpaired) electrons. The van der Waals surface area contributed by atoms with Crippen LogP contribution in [0.1, 0.15) is 68.9 Å². The normalized spacial score (nSPS) is 23.2. The van der Waals surface area contributed by atoms with E-state index in [4.69, 9.17) is 28.9 Å². The number of aliphatic hydroxyl groups is 2. The summed E-state index contributed by atoms with van der Waals surface area (Å²) in [6.45, 7) is 6.63. The number of nitro groups is 1. The van der Waals surface area contributed by atoms with Gasteiger partial charge < -0.3 is 34.0 Å². The molecule has 0 aromatic heterocycles. The van der Waals surface area contributed by atoms with Gasteiger partial charge in [-0.25, -0.2) is 4.79 Å². The number of rotatable bonds is 19. The van der Waals surface area contributed by atoms with Crippen LogP contribution in [0.4, 0.5) is 10.5 Å². The SMILES string of the molecule is C=CCOC12Oc3ccc(Oc4cccc([N+](=O)[O-])c4)cc3C3C(CCCCO)C(CCCCO)C=C(C(=NOCC)CC1N(Cc1cccc4ccccc14)C(=O)OC)C32. The number of nitro benzene ring substituents is 1. The smallest absolute Gasteiger partial charge is 0.410 e. The summed E-state index contributed by atoms with van der Waals surface area (Å²) < 4.78 is 26.3. The van der Waals surface area contributed by atoms with Crippen molar-refractivity contribution in [2.24, 2.45) is 22.9 Å². The molecule has 4 aromatic rings. The summed E-state index contributed by atoms with van der Waals surface area (Å²) in [6, 6.07) is 24.9. The maximum Gasteiger partial charge on any atom is 0.410 e. The maximum atomic E-state index is 14.4. The summed E-state index contributed by atoms with van der Waals surface area (Å²) in [5, 5.41) is 38.3. The molecule has 61 heavy (non-hydrogen) atoms. The molecule has 2 aliphatic carbocycles. The van der Waals surface area contributed by atoms with E-state index in [0.717, 1.165) is 53.2 Å². The Balaban J connectivity index is 1.45. The lowest BCUT2D eigenvalue weighted by molar-refractivity contribution is -0.384. The molecular weight excluding hydrogens is 779 g/mol. The first-order valence-electron chi connectivity index (χ1n) is 21.2. The topological polar surface area (TPSA) is 162 Å². The van der Waals surface area contributed by atoms with Gasteiger partial charge in [0.25, 0.3) is 5.69 Å². The van der Waals surface area contributed by atoms with Crippen LogP contribution in [0.15, 0.2) is 114 Å². The first-order chi connectivity index (χ1) is 29.8. The number of ether oxygens (including phenoxy) is 4. The predicted octanol–water partition coefficient (Wildman–Crippen LogP) is 9.46. The number of nitrogens with zero attached hydrogens (tertiary/aromatic N) is 3. The van der Waals surface area contributed by atoms with E-state index >= 15 is 0 Å². The lowest BCUT2D eigenvalue weighted by Crippen LogP contribution is -2.70. The fourth-order valence-corrected chi connectivity index (χ4v) is 9.68. The van der Waals surface area contributed by atoms with Crippen molar-refractivity contribution < 1.29 is 43.7 Å². The number of aliphatic hydroxyl groups excluding tert-OH is 2. The quantitative estimate of drug-likeness (QED) is 0.0403. The molecule has 7 rings (SSSR count). The minimum atomic E-state index is -1.49. The van der Waals surface area contributed by atoms with Crippen molar-refractivity contribution in [1.29, 1.82) is 0 Å². The maximum absolute atomic E-state index is 14.4. The van der Waals surface area contributed by atoms with Crippen molar-refractivity contribution in [1.82, 2.24) is 4.90 Å². The van der Waals surface area contributed by atoms with Crippen molar-refractivity contribution in [3.63, 3.8) is 0 Å². The highest BCUT2D eigenvalue weighted by atomic mass is 16.7. The number of oxime groups is 1. The molecule has 13 heteroatoms. The molecule has 1 fully saturated rings. The van der Waals surface area contributed by atoms with Crippen LogP contribution >= 0.6 is 0 Å². The van der Waals surface area contributed by atoms with Gasteiger partial charge in [-0.2, -0.15) is 0 Å². The van der Waals surface area contributed by atoms with Gasteiger partial charge in [-0.05, 0) is 90.6 Å². The van der Waals surface area contributed by atoms with E-state index in [9.17, 15) is 25.1 Å². The van der Waals surface area contributed by atoms with E-state index in [1.807, 2.05) is 61.5 Å². The highest BCUT2D eigenvalue weighted by Crippen LogP contribution is 2.62. The third kappa shape index (κ3) is 9.00. The summed E-state index contributed by atoms with van der Waals surface area (Å²) in [7, 11) is 1.37. The predicted molar refractivity (Wildman–Crippen MR) is 232 cm³/mol. The van der Waals surface area contributed by atoms with Crippen LogP contribution < -0.4 is 9.47 Å². The largest absolute Gasteiger partial charge is 0.459 e. The van der Waals surface area contributed by atoms with Gasteiger partial charge in [0.2, 0.25) is 5.79 Å². The van der Waals surface area contributed by atoms with Crippen LogP contribution in [0.2, 0.25) is 0 Å². The van der Waals surface area contributed by atoms with E-state index in [-0.39, 0.29) is 56.2 Å². The first-order valence-corrected chi connectivity index (χ1v) is 21.2. The molecule has 0 saturated heterocycles. The molecule has 1 amide bonds. The lowest BCUT2D eigenvalue weighted by Gasteiger charge is -2.59. The Kier molecular flexibility index (Phi) is 14.0. The number of hydrogen-bond acceptors (Lipinski definition) is 11. The third-order valence-electron chi connectivity index (χ3n) is 12.2. The fourth-order valence-electron chi connectivity index (χ4n) is 9.68. The average molecular weight is 834 g/mol. The van der Waals surface area contributed by atoms with Crippen molar-refractivity contribution in [2.75, 3.05) is 33.5 Å². The van der Waals surface area contributed by atoms with Crippen LogP contribution in [0.5, 0.6) is 17.2 Å². The Hall–Kier alpha value is -5.76. The Labute approximate surface area is 356 Å². The van der Waals surface area contributed by atoms with Gasteiger partial charge in [0, 0.05) is 37.2 Å². The van der Waals surface area contributed by atoms with E-state index in [2.05, 4.69) is 12.7 Å². The lowest BCUT2D eigenvalue weighted by atomic mass is 9.55. The average Bonchev–Trinajstić information content (AvgIpc) is 3.28. The molecule has 1 heterocycles. The van der Waals surface area contributed by atoms with Crippen LogP contribution in [0.25, 0.3) is 10.8 Å². The van der Waals surface area contributed by atoms with Gasteiger partial charge in [0.1, 0.15) is 29.9 Å². The van der Waals surface area contributed by atoms with Crippen LogP contribution in [0, 0.1) is 27.9 Å². The minimum Gasteiger partial charge on any atom is -0.459 e. The number of non-ortho nitro benzene ring substituents is 1. The minimum absolute atomic E-state index is 0.0156. The molecule has 1 saturated carbocycles. The Morgan fingerprint density at radius 2 is 1.75 bits per heavy atom. The molecule has 6 unspecified atom stereocenters. The van der Waals surface area contributed by atoms with Crippen molar-refractivity contribution in [3.8, 4) is 17.2 Å². The number of fused-ring (bicyclic) bond motifs is 3. The number of amides is 1. The second-order valence-electron chi connectivity index (χ2n) is 15.8. The zero-order valence-corrected chi connectivity index (χ0v) is 34.8. The van der Waals surface area contributed by atoms with Gasteiger partial charge in [-0.15, -0.1) is 6.58 Å². The molecule has 0 bridgehead atoms. The first kappa shape index (κ1) is 43.3. The van der Waals surface area contributed by atoms with Crippen LogP contribution in [0.3, 0.4) is 0 Å². The van der Waals surface area contributed by atoms with Gasteiger partial charge in [0.05, 0.1) is 42.9 Å². The van der Waals surface area contributed by atoms with Crippen molar-refractivity contribution in [2.45, 2.75) is 76.2 Å². The molecule has 3 aliphatic rings. The summed E-state index contributed by atoms with van der Waals surface area (Å²) in [6.07, 6.45) is 7.96. The van der Waals surface area contributed by atoms with Gasteiger partial charge in [-0.3, -0.25) is 15.0 Å². The van der Waals surface area contributed by atoms with Gasteiger partial charge in [-0.1, -0.05) is 78.7 Å². The third-order valence-corrected chi connectivity index (χ3v) is 12.2. The zero-order chi connectivity index (χ0) is 42.9. The number of allylic oxidation sites excluding steroid dienone is 1. The number of unbranched alkanes of at least 4 members (excludes halogenated alkanes) is 2. The summed E-state index contributed by atoms with van der Waals surface area (Å²) in [4.78, 5) is 33.1. The Bertz CT molecular complexity index is 2250. The van der Waals surface area contributed by atoms with E-state index < -0.39 is 28.8 Å². The second-order valence-corrected chi connectivity index (χ2v) is 15.8. The van der Waals surface area contributed by atoms with Crippen molar-refractivity contribution >= 4 is 28.3 Å². The van der Waals surface area contributed by atoms with Crippen LogP contribution in [-0.4, -0.2) is 77.2 Å². The molecule has 13 nitrogen and oxygen atoms in total. The van der Waals surface area contributed by atoms with Gasteiger partial charge >= 0.3 is 6.09 Å². The highest BCUT2D eigenvalue weighted by Gasteiger charge is 2.65. The summed E-state index contributed by atoms with van der Waals surface area (Å²) in [5.74, 6) is -0.997. The number of carbonyl (C=O) groups excluding carboxylic acids is 1. The molecular formula is C48H55N3O10. The number of carbonyl (C=O) groups is 1. The fraction of sp³-hybridized carbons (Fsp3) is 0.417.